The van der Waals surface area contributed by atoms with Crippen molar-refractivity contribution in [3.05, 3.63) is 18.0 Å². The first-order chi connectivity index (χ1) is 11.5. The Hall–Kier alpha value is -1.54. The Morgan fingerprint density at radius 1 is 1.25 bits per heavy atom. The van der Waals surface area contributed by atoms with Gasteiger partial charge in [-0.3, -0.25) is 0 Å². The number of anilines is 1. The highest BCUT2D eigenvalue weighted by Gasteiger charge is 2.47. The summed E-state index contributed by atoms with van der Waals surface area (Å²) in [5.41, 5.74) is 0.737. The molecule has 128 valence electrons. The molecule has 1 spiro atoms. The van der Waals surface area contributed by atoms with Crippen LogP contribution in [0.1, 0.15) is 18.5 Å². The van der Waals surface area contributed by atoms with Crippen molar-refractivity contribution in [1.29, 1.82) is 0 Å². The Bertz CT molecular complexity index is 778. The molecule has 24 heavy (non-hydrogen) atoms. The first kappa shape index (κ1) is 16.0. The van der Waals surface area contributed by atoms with Gasteiger partial charge in [0.05, 0.1) is 0 Å². The van der Waals surface area contributed by atoms with E-state index in [1.807, 2.05) is 6.26 Å². The summed E-state index contributed by atoms with van der Waals surface area (Å²) < 4.78 is 26.4. The van der Waals surface area contributed by atoms with E-state index in [4.69, 9.17) is 0 Å². The maximum atomic E-state index is 13.2. The Balaban J connectivity index is 1.73. The lowest BCUT2D eigenvalue weighted by Crippen LogP contribution is -2.58. The third-order valence-electron chi connectivity index (χ3n) is 4.93. The van der Waals surface area contributed by atoms with E-state index in [1.54, 1.807) is 6.20 Å². The van der Waals surface area contributed by atoms with E-state index < -0.39 is 6.43 Å². The van der Waals surface area contributed by atoms with Crippen molar-refractivity contribution >= 4 is 28.5 Å². The van der Waals surface area contributed by atoms with E-state index in [2.05, 4.69) is 31.8 Å². The molecule has 4 heterocycles. The molecule has 2 aromatic heterocycles. The summed E-state index contributed by atoms with van der Waals surface area (Å²) in [6, 6.07) is 1.40. The molecule has 0 radical (unpaired) electrons. The summed E-state index contributed by atoms with van der Waals surface area (Å²) >= 11 is 1.44. The van der Waals surface area contributed by atoms with Crippen molar-refractivity contribution in [3.8, 4) is 0 Å². The van der Waals surface area contributed by atoms with Crippen LogP contribution in [0.5, 0.6) is 0 Å². The van der Waals surface area contributed by atoms with Crippen LogP contribution in [0.4, 0.5) is 14.6 Å². The number of hydrogen-bond donors (Lipinski definition) is 0. The van der Waals surface area contributed by atoms with Crippen molar-refractivity contribution in [2.75, 3.05) is 44.4 Å². The van der Waals surface area contributed by atoms with Gasteiger partial charge in [-0.1, -0.05) is 11.8 Å². The number of thioether (sulfide) groups is 1. The van der Waals surface area contributed by atoms with Gasteiger partial charge in [0.2, 0.25) is 0 Å². The summed E-state index contributed by atoms with van der Waals surface area (Å²) in [7, 11) is 2.13. The van der Waals surface area contributed by atoms with Crippen LogP contribution < -0.4 is 4.90 Å². The number of nitrogens with zero attached hydrogens (tertiary/aromatic N) is 5. The van der Waals surface area contributed by atoms with Crippen LogP contribution in [0.15, 0.2) is 17.4 Å². The minimum atomic E-state index is -2.60. The first-order valence-corrected chi connectivity index (χ1v) is 9.15. The number of aromatic nitrogens is 3. The van der Waals surface area contributed by atoms with E-state index in [0.29, 0.717) is 21.9 Å². The third kappa shape index (κ3) is 2.61. The van der Waals surface area contributed by atoms with Crippen LogP contribution in [0, 0.1) is 5.41 Å². The Morgan fingerprint density at radius 2 is 2.04 bits per heavy atom. The van der Waals surface area contributed by atoms with E-state index in [1.165, 1.54) is 17.8 Å². The number of hydrogen-bond acceptors (Lipinski definition) is 6. The second-order valence-electron chi connectivity index (χ2n) is 6.81. The lowest BCUT2D eigenvalue weighted by molar-refractivity contribution is 0.146. The van der Waals surface area contributed by atoms with Crippen molar-refractivity contribution in [2.24, 2.45) is 5.41 Å². The van der Waals surface area contributed by atoms with Gasteiger partial charge in [-0.25, -0.2) is 23.7 Å². The molecule has 2 aromatic rings. The predicted molar refractivity (Wildman–Crippen MR) is 90.8 cm³/mol. The zero-order chi connectivity index (χ0) is 16.9. The lowest BCUT2D eigenvalue weighted by Gasteiger charge is -2.49. The minimum Gasteiger partial charge on any atom is -0.353 e. The summed E-state index contributed by atoms with van der Waals surface area (Å²) in [6.07, 6.45) is 2.07. The molecule has 4 rings (SSSR count). The van der Waals surface area contributed by atoms with E-state index in [9.17, 15) is 8.78 Å². The molecule has 2 saturated heterocycles. The van der Waals surface area contributed by atoms with Gasteiger partial charge < -0.3 is 9.80 Å². The lowest BCUT2D eigenvalue weighted by atomic mass is 9.79. The normalized spacial score (nSPS) is 20.3. The van der Waals surface area contributed by atoms with Crippen molar-refractivity contribution < 1.29 is 8.78 Å². The van der Waals surface area contributed by atoms with Gasteiger partial charge in [-0.15, -0.1) is 0 Å². The monoisotopic (exact) mass is 351 g/mol. The van der Waals surface area contributed by atoms with Crippen molar-refractivity contribution in [3.63, 3.8) is 0 Å². The highest BCUT2D eigenvalue weighted by Crippen LogP contribution is 2.42. The summed E-state index contributed by atoms with van der Waals surface area (Å²) in [5, 5.41) is 1.25. The van der Waals surface area contributed by atoms with E-state index >= 15 is 0 Å². The molecule has 2 aliphatic heterocycles. The molecule has 2 aliphatic rings. The van der Waals surface area contributed by atoms with Gasteiger partial charge in [0.1, 0.15) is 11.2 Å². The van der Waals surface area contributed by atoms with Gasteiger partial charge >= 0.3 is 0 Å². The molecule has 0 saturated carbocycles. The van der Waals surface area contributed by atoms with Gasteiger partial charge in [0.25, 0.3) is 6.43 Å². The molecule has 0 amide bonds. The number of halogens is 2. The highest BCUT2D eigenvalue weighted by molar-refractivity contribution is 7.98. The molecule has 5 nitrogen and oxygen atoms in total. The zero-order valence-corrected chi connectivity index (χ0v) is 14.5. The van der Waals surface area contributed by atoms with Crippen LogP contribution in [0.25, 0.3) is 10.9 Å². The summed E-state index contributed by atoms with van der Waals surface area (Å²) in [5.74, 6) is 0.570. The van der Waals surface area contributed by atoms with Gasteiger partial charge in [-0.2, -0.15) is 0 Å². The molecule has 0 bridgehead atoms. The molecule has 2 fully saturated rings. The average molecular weight is 351 g/mol. The van der Waals surface area contributed by atoms with E-state index in [0.717, 1.165) is 32.6 Å². The smallest absolute Gasteiger partial charge is 0.280 e. The number of pyridine rings is 1. The van der Waals surface area contributed by atoms with Crippen LogP contribution in [0.3, 0.4) is 0 Å². The average Bonchev–Trinajstić information content (AvgIpc) is 2.94. The van der Waals surface area contributed by atoms with Crippen LogP contribution >= 0.6 is 11.8 Å². The molecule has 0 atom stereocenters. The predicted octanol–water partition coefficient (Wildman–Crippen LogP) is 2.83. The fraction of sp³-hybridized carbons (Fsp3) is 0.562. The van der Waals surface area contributed by atoms with Crippen LogP contribution in [-0.2, 0) is 0 Å². The second kappa shape index (κ2) is 5.77. The second-order valence-corrected chi connectivity index (χ2v) is 7.58. The highest BCUT2D eigenvalue weighted by atomic mass is 32.2. The number of likely N-dealkylation sites (tertiary alicyclic amines) is 1. The SMILES string of the molecule is CSc1ncc2cc(C(F)F)nc(N3CC4(CCN(C)C4)C3)c2n1. The number of rotatable bonds is 3. The first-order valence-electron chi connectivity index (χ1n) is 7.93. The molecule has 8 heteroatoms. The Morgan fingerprint density at radius 3 is 2.67 bits per heavy atom. The molecule has 0 aliphatic carbocycles. The number of alkyl halides is 2. The topological polar surface area (TPSA) is 45.2 Å². The van der Waals surface area contributed by atoms with Gasteiger partial charge in [-0.05, 0) is 32.3 Å². The molecular weight excluding hydrogens is 332 g/mol. The molecule has 0 unspecified atom stereocenters. The molecular formula is C16H19F2N5S. The number of fused-ring (bicyclic) bond motifs is 1. The fourth-order valence-corrected chi connectivity index (χ4v) is 4.13. The van der Waals surface area contributed by atoms with Crippen molar-refractivity contribution in [2.45, 2.75) is 18.0 Å². The van der Waals surface area contributed by atoms with Gasteiger partial charge in [0, 0.05) is 36.6 Å². The summed E-state index contributed by atoms with van der Waals surface area (Å²) in [4.78, 5) is 17.4. The van der Waals surface area contributed by atoms with E-state index in [-0.39, 0.29) is 11.1 Å². The maximum absolute atomic E-state index is 13.2. The van der Waals surface area contributed by atoms with Crippen LogP contribution in [-0.4, -0.2) is 59.3 Å². The maximum Gasteiger partial charge on any atom is 0.280 e. The Kier molecular flexibility index (Phi) is 3.84. The zero-order valence-electron chi connectivity index (χ0n) is 13.7. The molecule has 0 aromatic carbocycles. The summed E-state index contributed by atoms with van der Waals surface area (Å²) in [6.45, 7) is 3.86. The minimum absolute atomic E-state index is 0.206. The fourth-order valence-electron chi connectivity index (χ4n) is 3.79. The third-order valence-corrected chi connectivity index (χ3v) is 5.49. The quantitative estimate of drug-likeness (QED) is 0.626. The Labute approximate surface area is 143 Å². The standard InChI is InChI=1S/C16H19F2N5S/c1-22-4-3-16(7-22)8-23(9-16)14-12-10(5-11(20-14)13(17)18)6-19-15(21-12)24-2/h5-6,13H,3-4,7-9H2,1-2H3. The molecule has 0 N–H and O–H groups in total. The van der Waals surface area contributed by atoms with Crippen LogP contribution in [0.2, 0.25) is 0 Å². The largest absolute Gasteiger partial charge is 0.353 e. The van der Waals surface area contributed by atoms with Crippen molar-refractivity contribution in [1.82, 2.24) is 19.9 Å². The van der Waals surface area contributed by atoms with Gasteiger partial charge in [0.15, 0.2) is 11.0 Å².